The fourth-order valence-corrected chi connectivity index (χ4v) is 4.14. The Balaban J connectivity index is 1.18. The highest BCUT2D eigenvalue weighted by atomic mass is 16.2. The topological polar surface area (TPSA) is 66.3 Å². The first-order valence-electron chi connectivity index (χ1n) is 11.5. The Morgan fingerprint density at radius 1 is 1.06 bits per heavy atom. The predicted molar refractivity (Wildman–Crippen MR) is 127 cm³/mol. The fraction of sp³-hybridized carbons (Fsp3) is 0.480. The van der Waals surface area contributed by atoms with Crippen LogP contribution < -0.4 is 5.32 Å². The Morgan fingerprint density at radius 2 is 1.81 bits per heavy atom. The van der Waals surface area contributed by atoms with Gasteiger partial charge in [0.15, 0.2) is 0 Å². The van der Waals surface area contributed by atoms with Gasteiger partial charge in [0.25, 0.3) is 0 Å². The van der Waals surface area contributed by atoms with E-state index in [1.807, 2.05) is 23.1 Å². The van der Waals surface area contributed by atoms with E-state index >= 15 is 0 Å². The van der Waals surface area contributed by atoms with Gasteiger partial charge >= 0.3 is 0 Å². The van der Waals surface area contributed by atoms with Crippen LogP contribution in [0, 0.1) is 0 Å². The molecule has 170 valence electrons. The van der Waals surface area contributed by atoms with E-state index in [-0.39, 0.29) is 11.4 Å². The molecule has 0 aliphatic carbocycles. The number of hydrogen-bond donors (Lipinski definition) is 1. The normalized spacial score (nSPS) is 15.8. The van der Waals surface area contributed by atoms with E-state index in [9.17, 15) is 4.79 Å². The molecule has 7 nitrogen and oxygen atoms in total. The van der Waals surface area contributed by atoms with Crippen molar-refractivity contribution in [1.82, 2.24) is 29.9 Å². The second kappa shape index (κ2) is 9.79. The lowest BCUT2D eigenvalue weighted by Gasteiger charge is -2.34. The molecule has 0 bridgehead atoms. The zero-order chi connectivity index (χ0) is 22.6. The number of nitrogens with one attached hydrogen (secondary N) is 1. The van der Waals surface area contributed by atoms with Crippen LogP contribution in [0.1, 0.15) is 31.9 Å². The molecule has 0 atom stereocenters. The van der Waals surface area contributed by atoms with E-state index < -0.39 is 0 Å². The Kier molecular flexibility index (Phi) is 6.86. The average Bonchev–Trinajstić information content (AvgIpc) is 3.24. The lowest BCUT2D eigenvalue weighted by Crippen LogP contribution is -2.49. The van der Waals surface area contributed by atoms with Crippen molar-refractivity contribution in [3.05, 3.63) is 60.0 Å². The van der Waals surface area contributed by atoms with Crippen molar-refractivity contribution < 1.29 is 4.79 Å². The quantitative estimate of drug-likeness (QED) is 0.619. The van der Waals surface area contributed by atoms with Crippen molar-refractivity contribution in [3.63, 3.8) is 0 Å². The first-order chi connectivity index (χ1) is 15.4. The third-order valence-electron chi connectivity index (χ3n) is 5.99. The minimum atomic E-state index is 0.00836. The predicted octanol–water partition coefficient (Wildman–Crippen LogP) is 2.66. The summed E-state index contributed by atoms with van der Waals surface area (Å²) in [6, 6.07) is 10.2. The molecule has 2 aromatic heterocycles. The number of rotatable bonds is 7. The molecule has 0 spiro atoms. The van der Waals surface area contributed by atoms with Crippen molar-refractivity contribution >= 4 is 16.8 Å². The van der Waals surface area contributed by atoms with Crippen LogP contribution in [0.4, 0.5) is 0 Å². The zero-order valence-corrected chi connectivity index (χ0v) is 19.4. The highest BCUT2D eigenvalue weighted by Gasteiger charge is 2.20. The minimum absolute atomic E-state index is 0.00836. The van der Waals surface area contributed by atoms with Gasteiger partial charge in [-0.25, -0.2) is 0 Å². The highest BCUT2D eigenvalue weighted by Crippen LogP contribution is 2.16. The molecule has 1 fully saturated rings. The number of piperazine rings is 1. The third kappa shape index (κ3) is 5.72. The molecule has 1 saturated heterocycles. The molecule has 3 aromatic rings. The maximum absolute atomic E-state index is 12.4. The highest BCUT2D eigenvalue weighted by molar-refractivity contribution is 5.81. The summed E-state index contributed by atoms with van der Waals surface area (Å²) in [6.45, 7) is 12.2. The van der Waals surface area contributed by atoms with E-state index in [0.29, 0.717) is 13.1 Å². The summed E-state index contributed by atoms with van der Waals surface area (Å²) < 4.78 is 2.03. The summed E-state index contributed by atoms with van der Waals surface area (Å²) in [4.78, 5) is 21.6. The Labute approximate surface area is 190 Å². The number of hydrogen-bond acceptors (Lipinski definition) is 5. The van der Waals surface area contributed by atoms with E-state index in [0.717, 1.165) is 50.0 Å². The SMILES string of the molecule is CC(C)(C)n1cc(CN2CCN(CC(=O)NCCc3cccc4cccnc34)CC2)cn1. The number of nitrogens with zero attached hydrogens (tertiary/aromatic N) is 5. The lowest BCUT2D eigenvalue weighted by molar-refractivity contribution is -0.122. The first kappa shape index (κ1) is 22.4. The summed E-state index contributed by atoms with van der Waals surface area (Å²) >= 11 is 0. The smallest absolute Gasteiger partial charge is 0.234 e. The van der Waals surface area contributed by atoms with Gasteiger partial charge in [-0.05, 0) is 38.8 Å². The van der Waals surface area contributed by atoms with E-state index in [1.54, 1.807) is 0 Å². The van der Waals surface area contributed by atoms with Gasteiger partial charge in [-0.1, -0.05) is 24.3 Å². The molecule has 32 heavy (non-hydrogen) atoms. The Hall–Kier alpha value is -2.77. The molecule has 1 aromatic carbocycles. The van der Waals surface area contributed by atoms with E-state index in [4.69, 9.17) is 0 Å². The van der Waals surface area contributed by atoms with Crippen LogP contribution in [-0.2, 0) is 23.3 Å². The number of aromatic nitrogens is 3. The van der Waals surface area contributed by atoms with Crippen molar-refractivity contribution in [2.45, 2.75) is 39.3 Å². The molecule has 0 saturated carbocycles. The largest absolute Gasteiger partial charge is 0.355 e. The number of pyridine rings is 1. The molecule has 1 aliphatic heterocycles. The summed E-state index contributed by atoms with van der Waals surface area (Å²) in [5.74, 6) is 0.0955. The monoisotopic (exact) mass is 434 g/mol. The van der Waals surface area contributed by atoms with Gasteiger partial charge in [-0.3, -0.25) is 24.3 Å². The molecule has 1 N–H and O–H groups in total. The summed E-state index contributed by atoms with van der Waals surface area (Å²) in [5, 5.41) is 8.71. The van der Waals surface area contributed by atoms with Gasteiger partial charge in [-0.15, -0.1) is 0 Å². The van der Waals surface area contributed by atoms with Gasteiger partial charge < -0.3 is 5.32 Å². The number of benzene rings is 1. The van der Waals surface area contributed by atoms with Gasteiger partial charge in [0.2, 0.25) is 5.91 Å². The van der Waals surface area contributed by atoms with Crippen LogP contribution in [0.25, 0.3) is 10.9 Å². The molecule has 4 rings (SSSR count). The molecule has 7 heteroatoms. The van der Waals surface area contributed by atoms with Gasteiger partial charge in [-0.2, -0.15) is 5.10 Å². The molecule has 1 amide bonds. The lowest BCUT2D eigenvalue weighted by atomic mass is 10.1. The van der Waals surface area contributed by atoms with Crippen molar-refractivity contribution in [3.8, 4) is 0 Å². The molecule has 1 aliphatic rings. The van der Waals surface area contributed by atoms with Crippen LogP contribution in [0.5, 0.6) is 0 Å². The third-order valence-corrected chi connectivity index (χ3v) is 5.99. The number of carbonyl (C=O) groups is 1. The number of para-hydroxylation sites is 1. The second-order valence-corrected chi connectivity index (χ2v) is 9.61. The van der Waals surface area contributed by atoms with Crippen LogP contribution in [0.15, 0.2) is 48.9 Å². The van der Waals surface area contributed by atoms with Crippen LogP contribution in [0.2, 0.25) is 0 Å². The molecular formula is C25H34N6O. The standard InChI is InChI=1S/C25H34N6O/c1-25(2,3)31-18-20(16-28-31)17-29-12-14-30(15-13-29)19-23(32)26-11-9-22-7-4-6-21-8-5-10-27-24(21)22/h4-8,10,16,18H,9,11-15,17,19H2,1-3H3,(H,26,32). The molecular weight excluding hydrogens is 400 g/mol. The van der Waals surface area contributed by atoms with Crippen LogP contribution in [0.3, 0.4) is 0 Å². The van der Waals surface area contributed by atoms with Gasteiger partial charge in [0.1, 0.15) is 0 Å². The fourth-order valence-electron chi connectivity index (χ4n) is 4.14. The van der Waals surface area contributed by atoms with Crippen molar-refractivity contribution in [2.24, 2.45) is 0 Å². The second-order valence-electron chi connectivity index (χ2n) is 9.61. The van der Waals surface area contributed by atoms with Crippen LogP contribution >= 0.6 is 0 Å². The number of carbonyl (C=O) groups excluding carboxylic acids is 1. The summed E-state index contributed by atoms with van der Waals surface area (Å²) in [5.41, 5.74) is 3.45. The van der Waals surface area contributed by atoms with Crippen LogP contribution in [-0.4, -0.2) is 69.7 Å². The van der Waals surface area contributed by atoms with E-state index in [2.05, 4.69) is 76.4 Å². The van der Waals surface area contributed by atoms with Gasteiger partial charge in [0, 0.05) is 62.6 Å². The summed E-state index contributed by atoms with van der Waals surface area (Å²) in [7, 11) is 0. The molecule has 0 radical (unpaired) electrons. The number of fused-ring (bicyclic) bond motifs is 1. The summed E-state index contributed by atoms with van der Waals surface area (Å²) in [6.07, 6.45) is 6.72. The Bertz CT molecular complexity index is 1040. The molecule has 0 unspecified atom stereocenters. The number of amides is 1. The Morgan fingerprint density at radius 3 is 2.56 bits per heavy atom. The average molecular weight is 435 g/mol. The maximum atomic E-state index is 12.4. The van der Waals surface area contributed by atoms with E-state index in [1.165, 1.54) is 11.1 Å². The van der Waals surface area contributed by atoms with Crippen molar-refractivity contribution in [2.75, 3.05) is 39.3 Å². The zero-order valence-electron chi connectivity index (χ0n) is 19.4. The first-order valence-corrected chi connectivity index (χ1v) is 11.5. The van der Waals surface area contributed by atoms with Crippen molar-refractivity contribution in [1.29, 1.82) is 0 Å². The maximum Gasteiger partial charge on any atom is 0.234 e. The minimum Gasteiger partial charge on any atom is -0.355 e. The molecule has 3 heterocycles. The van der Waals surface area contributed by atoms with Gasteiger partial charge in [0.05, 0.1) is 23.8 Å².